The van der Waals surface area contributed by atoms with E-state index in [4.69, 9.17) is 0 Å². The number of carbonyl (C=O) groups is 1. The van der Waals surface area contributed by atoms with Crippen molar-refractivity contribution in [3.8, 4) is 11.4 Å². The van der Waals surface area contributed by atoms with Crippen LogP contribution in [0, 0.1) is 0 Å². The van der Waals surface area contributed by atoms with Crippen LogP contribution < -0.4 is 0 Å². The largest absolute Gasteiger partial charge is 0.339 e. The summed E-state index contributed by atoms with van der Waals surface area (Å²) >= 11 is 0. The van der Waals surface area contributed by atoms with Crippen LogP contribution in [0.15, 0.2) is 36.9 Å². The van der Waals surface area contributed by atoms with Crippen molar-refractivity contribution in [3.63, 3.8) is 0 Å². The van der Waals surface area contributed by atoms with Gasteiger partial charge in [0.15, 0.2) is 0 Å². The average molecular weight is 270 g/mol. The van der Waals surface area contributed by atoms with Crippen LogP contribution in [-0.4, -0.2) is 38.8 Å². The van der Waals surface area contributed by atoms with Crippen molar-refractivity contribution in [2.75, 3.05) is 13.1 Å². The van der Waals surface area contributed by atoms with Crippen LogP contribution in [0.25, 0.3) is 11.4 Å². The molecule has 0 N–H and O–H groups in total. The van der Waals surface area contributed by atoms with Gasteiger partial charge in [0, 0.05) is 25.5 Å². The van der Waals surface area contributed by atoms with Gasteiger partial charge in [-0.1, -0.05) is 6.92 Å². The molecule has 2 aromatic heterocycles. The first kappa shape index (κ1) is 14.1. The molecule has 104 valence electrons. The van der Waals surface area contributed by atoms with Crippen molar-refractivity contribution in [1.82, 2.24) is 19.9 Å². The van der Waals surface area contributed by atoms with Crippen molar-refractivity contribution in [2.24, 2.45) is 0 Å². The minimum atomic E-state index is -0.00365. The molecule has 0 atom stereocenters. The summed E-state index contributed by atoms with van der Waals surface area (Å²) in [5.41, 5.74) is 1.85. The molecule has 0 aliphatic heterocycles. The Morgan fingerprint density at radius 2 is 2.05 bits per heavy atom. The lowest BCUT2D eigenvalue weighted by atomic mass is 10.1. The van der Waals surface area contributed by atoms with Crippen LogP contribution >= 0.6 is 0 Å². The van der Waals surface area contributed by atoms with Crippen molar-refractivity contribution in [1.29, 1.82) is 0 Å². The molecule has 0 unspecified atom stereocenters. The highest BCUT2D eigenvalue weighted by Gasteiger charge is 2.19. The quantitative estimate of drug-likeness (QED) is 0.837. The van der Waals surface area contributed by atoms with Gasteiger partial charge in [-0.25, -0.2) is 9.97 Å². The molecule has 0 fully saturated rings. The van der Waals surface area contributed by atoms with Crippen molar-refractivity contribution >= 4 is 5.91 Å². The highest BCUT2D eigenvalue weighted by atomic mass is 16.2. The lowest BCUT2D eigenvalue weighted by Crippen LogP contribution is -2.32. The van der Waals surface area contributed by atoms with Gasteiger partial charge in [0.05, 0.1) is 11.3 Å². The molecule has 2 aromatic rings. The van der Waals surface area contributed by atoms with E-state index in [0.717, 1.165) is 13.0 Å². The molecular weight excluding hydrogens is 252 g/mol. The summed E-state index contributed by atoms with van der Waals surface area (Å²) in [4.78, 5) is 26.8. The number of carbonyl (C=O) groups excluding carboxylic acids is 1. The molecule has 1 amide bonds. The molecule has 2 heterocycles. The van der Waals surface area contributed by atoms with Gasteiger partial charge in [-0.3, -0.25) is 9.78 Å². The van der Waals surface area contributed by atoms with Crippen LogP contribution in [0.4, 0.5) is 0 Å². The Bertz CT molecular complexity index is 571. The fraction of sp³-hybridized carbons (Fsp3) is 0.333. The molecule has 0 spiro atoms. The third-order valence-corrected chi connectivity index (χ3v) is 3.03. The topological polar surface area (TPSA) is 59.0 Å². The van der Waals surface area contributed by atoms with E-state index in [1.165, 1.54) is 6.33 Å². The van der Waals surface area contributed by atoms with Crippen LogP contribution in [0.2, 0.25) is 0 Å². The molecule has 0 saturated carbocycles. The smallest absolute Gasteiger partial charge is 0.256 e. The predicted molar refractivity (Wildman–Crippen MR) is 77.1 cm³/mol. The minimum absolute atomic E-state index is 0.00365. The fourth-order valence-electron chi connectivity index (χ4n) is 2.06. The van der Waals surface area contributed by atoms with E-state index in [0.29, 0.717) is 23.5 Å². The van der Waals surface area contributed by atoms with Crippen LogP contribution in [0.3, 0.4) is 0 Å². The number of amides is 1. The molecule has 5 heteroatoms. The molecule has 2 rings (SSSR count). The van der Waals surface area contributed by atoms with Gasteiger partial charge < -0.3 is 4.90 Å². The van der Waals surface area contributed by atoms with E-state index in [1.807, 2.05) is 11.8 Å². The third-order valence-electron chi connectivity index (χ3n) is 3.03. The summed E-state index contributed by atoms with van der Waals surface area (Å²) < 4.78 is 0. The number of hydrogen-bond donors (Lipinski definition) is 0. The second kappa shape index (κ2) is 6.75. The molecular formula is C15H18N4O. The van der Waals surface area contributed by atoms with E-state index in [2.05, 4.69) is 21.9 Å². The Morgan fingerprint density at radius 1 is 1.20 bits per heavy atom. The van der Waals surface area contributed by atoms with Crippen LogP contribution in [0.5, 0.6) is 0 Å². The average Bonchev–Trinajstić information content (AvgIpc) is 2.53. The third kappa shape index (κ3) is 2.99. The van der Waals surface area contributed by atoms with Gasteiger partial charge in [-0.2, -0.15) is 0 Å². The summed E-state index contributed by atoms with van der Waals surface area (Å²) in [5, 5.41) is 0. The van der Waals surface area contributed by atoms with Crippen molar-refractivity contribution < 1.29 is 4.79 Å². The Labute approximate surface area is 118 Å². The second-order valence-electron chi connectivity index (χ2n) is 4.38. The molecule has 0 radical (unpaired) electrons. The van der Waals surface area contributed by atoms with Crippen molar-refractivity contribution in [2.45, 2.75) is 20.3 Å². The first-order valence-electron chi connectivity index (χ1n) is 6.78. The number of pyridine rings is 1. The normalized spacial score (nSPS) is 10.3. The molecule has 0 saturated heterocycles. The monoisotopic (exact) mass is 270 g/mol. The maximum absolute atomic E-state index is 12.6. The number of nitrogens with zero attached hydrogens (tertiary/aromatic N) is 4. The van der Waals surface area contributed by atoms with Gasteiger partial charge in [-0.05, 0) is 31.5 Å². The van der Waals surface area contributed by atoms with Crippen LogP contribution in [-0.2, 0) is 0 Å². The maximum atomic E-state index is 12.6. The van der Waals surface area contributed by atoms with E-state index >= 15 is 0 Å². The highest BCUT2D eigenvalue weighted by molar-refractivity contribution is 5.99. The lowest BCUT2D eigenvalue weighted by molar-refractivity contribution is 0.0765. The summed E-state index contributed by atoms with van der Waals surface area (Å²) in [6, 6.07) is 5.33. The molecule has 0 bridgehead atoms. The maximum Gasteiger partial charge on any atom is 0.256 e. The summed E-state index contributed by atoms with van der Waals surface area (Å²) in [5.74, 6) is -0.00365. The first-order valence-corrected chi connectivity index (χ1v) is 6.78. The summed E-state index contributed by atoms with van der Waals surface area (Å²) in [7, 11) is 0. The van der Waals surface area contributed by atoms with Gasteiger partial charge in [-0.15, -0.1) is 0 Å². The fourth-order valence-corrected chi connectivity index (χ4v) is 2.06. The number of rotatable bonds is 5. The lowest BCUT2D eigenvalue weighted by Gasteiger charge is -2.21. The van der Waals surface area contributed by atoms with Gasteiger partial charge >= 0.3 is 0 Å². The first-order chi connectivity index (χ1) is 9.77. The standard InChI is InChI=1S/C15H18N4O/c1-3-10-19(4-2)15(20)12-6-5-8-17-14(12)13-7-9-16-11-18-13/h5-9,11H,3-4,10H2,1-2H3. The zero-order valence-electron chi connectivity index (χ0n) is 11.8. The number of hydrogen-bond acceptors (Lipinski definition) is 4. The Morgan fingerprint density at radius 3 is 2.70 bits per heavy atom. The molecule has 0 aliphatic rings. The van der Waals surface area contributed by atoms with Gasteiger partial charge in [0.2, 0.25) is 0 Å². The highest BCUT2D eigenvalue weighted by Crippen LogP contribution is 2.19. The van der Waals surface area contributed by atoms with E-state index < -0.39 is 0 Å². The van der Waals surface area contributed by atoms with E-state index in [-0.39, 0.29) is 5.91 Å². The molecule has 0 aliphatic carbocycles. The van der Waals surface area contributed by atoms with E-state index in [9.17, 15) is 4.79 Å². The molecule has 0 aromatic carbocycles. The van der Waals surface area contributed by atoms with Crippen LogP contribution in [0.1, 0.15) is 30.6 Å². The van der Waals surface area contributed by atoms with Gasteiger partial charge in [0.25, 0.3) is 5.91 Å². The molecule has 5 nitrogen and oxygen atoms in total. The van der Waals surface area contributed by atoms with Gasteiger partial charge in [0.1, 0.15) is 12.0 Å². The Kier molecular flexibility index (Phi) is 4.76. The van der Waals surface area contributed by atoms with E-state index in [1.54, 1.807) is 30.6 Å². The second-order valence-corrected chi connectivity index (χ2v) is 4.38. The Balaban J connectivity index is 2.40. The predicted octanol–water partition coefficient (Wildman–Crippen LogP) is 2.41. The number of aromatic nitrogens is 3. The minimum Gasteiger partial charge on any atom is -0.339 e. The Hall–Kier alpha value is -2.30. The summed E-state index contributed by atoms with van der Waals surface area (Å²) in [6.07, 6.45) is 5.71. The summed E-state index contributed by atoms with van der Waals surface area (Å²) in [6.45, 7) is 5.47. The SMILES string of the molecule is CCCN(CC)C(=O)c1cccnc1-c1ccncn1. The molecule has 20 heavy (non-hydrogen) atoms. The zero-order valence-corrected chi connectivity index (χ0v) is 11.8. The zero-order chi connectivity index (χ0) is 14.4. The van der Waals surface area contributed by atoms with Crippen molar-refractivity contribution in [3.05, 3.63) is 42.5 Å².